The van der Waals surface area contributed by atoms with Crippen molar-refractivity contribution < 1.29 is 14.6 Å². The standard InChI is InChI=1S/C15H17Cl2NO3/c1-10-7-18(8-14(9-19)21-10)15(20)3-2-11-4-12(16)6-13(17)5-11/h2-6,10,14,19H,7-9H2,1H3/b3-2+. The van der Waals surface area contributed by atoms with Gasteiger partial charge < -0.3 is 14.7 Å². The molecule has 1 N–H and O–H groups in total. The molecule has 4 nitrogen and oxygen atoms in total. The summed E-state index contributed by atoms with van der Waals surface area (Å²) in [6, 6.07) is 5.10. The van der Waals surface area contributed by atoms with E-state index in [9.17, 15) is 4.79 Å². The largest absolute Gasteiger partial charge is 0.394 e. The quantitative estimate of drug-likeness (QED) is 0.867. The number of morpholine rings is 1. The van der Waals surface area contributed by atoms with Gasteiger partial charge in [0.1, 0.15) is 0 Å². The van der Waals surface area contributed by atoms with Gasteiger partial charge in [-0.2, -0.15) is 0 Å². The van der Waals surface area contributed by atoms with Gasteiger partial charge in [-0.3, -0.25) is 4.79 Å². The summed E-state index contributed by atoms with van der Waals surface area (Å²) in [7, 11) is 0. The summed E-state index contributed by atoms with van der Waals surface area (Å²) in [5, 5.41) is 10.2. The van der Waals surface area contributed by atoms with E-state index in [1.165, 1.54) is 6.08 Å². The van der Waals surface area contributed by atoms with Crippen LogP contribution in [-0.2, 0) is 9.53 Å². The number of halogens is 2. The van der Waals surface area contributed by atoms with Crippen molar-refractivity contribution in [2.24, 2.45) is 0 Å². The number of rotatable bonds is 3. The zero-order valence-corrected chi connectivity index (χ0v) is 13.1. The first-order valence-corrected chi connectivity index (χ1v) is 7.43. The number of ether oxygens (including phenoxy) is 1. The molecule has 1 aliphatic rings. The van der Waals surface area contributed by atoms with Gasteiger partial charge in [-0.25, -0.2) is 0 Å². The molecule has 114 valence electrons. The Morgan fingerprint density at radius 1 is 1.38 bits per heavy atom. The number of amides is 1. The highest BCUT2D eigenvalue weighted by Crippen LogP contribution is 2.20. The molecule has 0 bridgehead atoms. The van der Waals surface area contributed by atoms with Crippen LogP contribution in [0.5, 0.6) is 0 Å². The van der Waals surface area contributed by atoms with Crippen molar-refractivity contribution in [3.8, 4) is 0 Å². The van der Waals surface area contributed by atoms with Crippen LogP contribution in [0.15, 0.2) is 24.3 Å². The number of benzene rings is 1. The van der Waals surface area contributed by atoms with Crippen LogP contribution in [-0.4, -0.2) is 47.8 Å². The molecule has 2 atom stereocenters. The van der Waals surface area contributed by atoms with Crippen molar-refractivity contribution in [3.63, 3.8) is 0 Å². The van der Waals surface area contributed by atoms with Crippen LogP contribution in [0.4, 0.5) is 0 Å². The minimum atomic E-state index is -0.327. The van der Waals surface area contributed by atoms with Crippen molar-refractivity contribution in [1.29, 1.82) is 0 Å². The summed E-state index contributed by atoms with van der Waals surface area (Å²) < 4.78 is 5.51. The number of carbonyl (C=O) groups excluding carboxylic acids is 1. The van der Waals surface area contributed by atoms with Gasteiger partial charge >= 0.3 is 0 Å². The average Bonchev–Trinajstić information content (AvgIpc) is 2.43. The molecule has 0 aliphatic carbocycles. The molecule has 0 radical (unpaired) electrons. The van der Waals surface area contributed by atoms with E-state index in [4.69, 9.17) is 33.0 Å². The van der Waals surface area contributed by atoms with E-state index in [1.54, 1.807) is 29.2 Å². The van der Waals surface area contributed by atoms with Crippen LogP contribution in [0.1, 0.15) is 12.5 Å². The van der Waals surface area contributed by atoms with E-state index in [0.717, 1.165) is 5.56 Å². The average molecular weight is 330 g/mol. The Bertz CT molecular complexity index is 527. The molecule has 1 aromatic rings. The molecule has 0 spiro atoms. The highest BCUT2D eigenvalue weighted by Gasteiger charge is 2.26. The summed E-state index contributed by atoms with van der Waals surface area (Å²) in [5.41, 5.74) is 0.765. The molecule has 2 rings (SSSR count). The molecule has 1 fully saturated rings. The van der Waals surface area contributed by atoms with E-state index in [0.29, 0.717) is 23.1 Å². The van der Waals surface area contributed by atoms with Crippen LogP contribution in [0.3, 0.4) is 0 Å². The van der Waals surface area contributed by atoms with Crippen LogP contribution in [0.25, 0.3) is 6.08 Å². The lowest BCUT2D eigenvalue weighted by Gasteiger charge is -2.35. The minimum Gasteiger partial charge on any atom is -0.394 e. The van der Waals surface area contributed by atoms with Gasteiger partial charge in [-0.15, -0.1) is 0 Å². The zero-order valence-electron chi connectivity index (χ0n) is 11.6. The topological polar surface area (TPSA) is 49.8 Å². The zero-order chi connectivity index (χ0) is 15.4. The van der Waals surface area contributed by atoms with Gasteiger partial charge in [0.2, 0.25) is 5.91 Å². The molecular weight excluding hydrogens is 313 g/mol. The van der Waals surface area contributed by atoms with Crippen LogP contribution in [0.2, 0.25) is 10.0 Å². The second kappa shape index (κ2) is 7.27. The Morgan fingerprint density at radius 2 is 2.05 bits per heavy atom. The Hall–Kier alpha value is -1.07. The molecule has 1 aromatic carbocycles. The van der Waals surface area contributed by atoms with Crippen LogP contribution < -0.4 is 0 Å². The number of hydrogen-bond donors (Lipinski definition) is 1. The van der Waals surface area contributed by atoms with Crippen molar-refractivity contribution in [2.45, 2.75) is 19.1 Å². The van der Waals surface area contributed by atoms with Gasteiger partial charge in [0.25, 0.3) is 0 Å². The van der Waals surface area contributed by atoms with Gasteiger partial charge in [-0.05, 0) is 36.8 Å². The van der Waals surface area contributed by atoms with Crippen molar-refractivity contribution in [2.75, 3.05) is 19.7 Å². The molecule has 1 amide bonds. The molecule has 0 aromatic heterocycles. The Kier molecular flexibility index (Phi) is 5.65. The monoisotopic (exact) mass is 329 g/mol. The SMILES string of the molecule is CC1CN(C(=O)/C=C/c2cc(Cl)cc(Cl)c2)CC(CO)O1. The third-order valence-electron chi connectivity index (χ3n) is 3.14. The third-order valence-corrected chi connectivity index (χ3v) is 3.58. The molecular formula is C15H17Cl2NO3. The second-order valence-electron chi connectivity index (χ2n) is 5.03. The highest BCUT2D eigenvalue weighted by molar-refractivity contribution is 6.34. The Balaban J connectivity index is 2.04. The number of nitrogens with zero attached hydrogens (tertiary/aromatic N) is 1. The maximum atomic E-state index is 12.2. The predicted octanol–water partition coefficient (Wildman–Crippen LogP) is 2.61. The summed E-state index contributed by atoms with van der Waals surface area (Å²) in [5.74, 6) is -0.125. The van der Waals surface area contributed by atoms with E-state index >= 15 is 0 Å². The normalized spacial score (nSPS) is 22.8. The summed E-state index contributed by atoms with van der Waals surface area (Å²) >= 11 is 11.8. The fourth-order valence-electron chi connectivity index (χ4n) is 2.27. The van der Waals surface area contributed by atoms with Crippen LogP contribution in [0, 0.1) is 0 Å². The lowest BCUT2D eigenvalue weighted by Crippen LogP contribution is -2.49. The first-order chi connectivity index (χ1) is 9.97. The lowest BCUT2D eigenvalue weighted by molar-refractivity contribution is -0.142. The first-order valence-electron chi connectivity index (χ1n) is 6.67. The minimum absolute atomic E-state index is 0.0890. The smallest absolute Gasteiger partial charge is 0.246 e. The van der Waals surface area contributed by atoms with Gasteiger partial charge in [0, 0.05) is 29.2 Å². The molecule has 6 heteroatoms. The number of aliphatic hydroxyl groups is 1. The molecule has 0 saturated carbocycles. The fourth-order valence-corrected chi connectivity index (χ4v) is 2.81. The molecule has 1 saturated heterocycles. The second-order valence-corrected chi connectivity index (χ2v) is 5.90. The van der Waals surface area contributed by atoms with E-state index in [2.05, 4.69) is 0 Å². The summed E-state index contributed by atoms with van der Waals surface area (Å²) in [6.07, 6.45) is 2.74. The molecule has 1 aliphatic heterocycles. The third kappa shape index (κ3) is 4.71. The lowest BCUT2D eigenvalue weighted by atomic mass is 10.2. The Morgan fingerprint density at radius 3 is 2.67 bits per heavy atom. The summed E-state index contributed by atoms with van der Waals surface area (Å²) in [6.45, 7) is 2.68. The van der Waals surface area contributed by atoms with Crippen molar-refractivity contribution in [1.82, 2.24) is 4.90 Å². The maximum absolute atomic E-state index is 12.2. The van der Waals surface area contributed by atoms with Gasteiger partial charge in [0.05, 0.1) is 18.8 Å². The van der Waals surface area contributed by atoms with Crippen molar-refractivity contribution in [3.05, 3.63) is 39.9 Å². The number of carbonyl (C=O) groups is 1. The van der Waals surface area contributed by atoms with Gasteiger partial charge in [-0.1, -0.05) is 23.2 Å². The number of hydrogen-bond acceptors (Lipinski definition) is 3. The Labute approximate surface area is 133 Å². The maximum Gasteiger partial charge on any atom is 0.246 e. The van der Waals surface area contributed by atoms with Gasteiger partial charge in [0.15, 0.2) is 0 Å². The van der Waals surface area contributed by atoms with E-state index in [1.807, 2.05) is 6.92 Å². The predicted molar refractivity (Wildman–Crippen MR) is 83.5 cm³/mol. The molecule has 1 heterocycles. The number of aliphatic hydroxyl groups excluding tert-OH is 1. The summed E-state index contributed by atoms with van der Waals surface area (Å²) in [4.78, 5) is 13.8. The highest BCUT2D eigenvalue weighted by atomic mass is 35.5. The van der Waals surface area contributed by atoms with Crippen LogP contribution >= 0.6 is 23.2 Å². The van der Waals surface area contributed by atoms with E-state index < -0.39 is 0 Å². The fraction of sp³-hybridized carbons (Fsp3) is 0.400. The first kappa shape index (κ1) is 16.3. The van der Waals surface area contributed by atoms with E-state index in [-0.39, 0.29) is 24.7 Å². The molecule has 21 heavy (non-hydrogen) atoms. The molecule has 2 unspecified atom stereocenters. The van der Waals surface area contributed by atoms with Crippen molar-refractivity contribution >= 4 is 35.2 Å².